The van der Waals surface area contributed by atoms with Crippen LogP contribution in [-0.2, 0) is 19.6 Å². The number of nitrogens with zero attached hydrogens (tertiary/aromatic N) is 5. The molecule has 3 aromatic rings. The first-order valence-electron chi connectivity index (χ1n) is 10.2. The molecule has 0 amide bonds. The van der Waals surface area contributed by atoms with Crippen molar-refractivity contribution in [3.63, 3.8) is 0 Å². The van der Waals surface area contributed by atoms with E-state index in [1.807, 2.05) is 49.3 Å². The molecule has 0 atom stereocenters. The molecule has 0 saturated heterocycles. The summed E-state index contributed by atoms with van der Waals surface area (Å²) >= 11 is 0. The van der Waals surface area contributed by atoms with Gasteiger partial charge in [-0.05, 0) is 36.1 Å². The topological polar surface area (TPSA) is 54.8 Å². The SMILES string of the molecule is c1cncc(CN(Cc2cccnc2)Cc2cnc(C3CCCCC3)nc2)c1. The van der Waals surface area contributed by atoms with Crippen molar-refractivity contribution >= 4 is 0 Å². The number of hydrogen-bond acceptors (Lipinski definition) is 5. The van der Waals surface area contributed by atoms with Crippen LogP contribution in [0.4, 0.5) is 0 Å². The van der Waals surface area contributed by atoms with Gasteiger partial charge >= 0.3 is 0 Å². The Bertz CT molecular complexity index is 788. The molecule has 1 aliphatic carbocycles. The second kappa shape index (κ2) is 9.51. The third-order valence-electron chi connectivity index (χ3n) is 5.36. The molecule has 0 spiro atoms. The van der Waals surface area contributed by atoms with Crippen LogP contribution in [-0.4, -0.2) is 24.8 Å². The smallest absolute Gasteiger partial charge is 0.131 e. The molecule has 0 bridgehead atoms. The summed E-state index contributed by atoms with van der Waals surface area (Å²) in [6, 6.07) is 8.21. The maximum absolute atomic E-state index is 4.71. The summed E-state index contributed by atoms with van der Waals surface area (Å²) in [7, 11) is 0. The van der Waals surface area contributed by atoms with Crippen LogP contribution in [0, 0.1) is 0 Å². The second-order valence-corrected chi connectivity index (χ2v) is 7.65. The molecule has 0 aliphatic heterocycles. The van der Waals surface area contributed by atoms with E-state index in [-0.39, 0.29) is 0 Å². The van der Waals surface area contributed by atoms with Gasteiger partial charge in [-0.3, -0.25) is 14.9 Å². The minimum atomic E-state index is 0.546. The summed E-state index contributed by atoms with van der Waals surface area (Å²) in [5, 5.41) is 0. The van der Waals surface area contributed by atoms with Crippen molar-refractivity contribution in [2.45, 2.75) is 57.7 Å². The zero-order chi connectivity index (χ0) is 19.0. The average molecular weight is 374 g/mol. The van der Waals surface area contributed by atoms with Crippen molar-refractivity contribution in [2.75, 3.05) is 0 Å². The van der Waals surface area contributed by atoms with Crippen molar-refractivity contribution in [3.05, 3.63) is 84.0 Å². The third kappa shape index (κ3) is 5.20. The maximum atomic E-state index is 4.71. The minimum absolute atomic E-state index is 0.546. The van der Waals surface area contributed by atoms with E-state index in [0.29, 0.717) is 5.92 Å². The first-order chi connectivity index (χ1) is 13.9. The Hall–Kier alpha value is -2.66. The van der Waals surface area contributed by atoms with Crippen molar-refractivity contribution < 1.29 is 0 Å². The van der Waals surface area contributed by atoms with Crippen molar-refractivity contribution in [2.24, 2.45) is 0 Å². The Labute approximate surface area is 166 Å². The first-order valence-corrected chi connectivity index (χ1v) is 10.2. The molecule has 3 heterocycles. The molecule has 0 N–H and O–H groups in total. The molecular formula is C23H27N5. The zero-order valence-electron chi connectivity index (χ0n) is 16.2. The predicted molar refractivity (Wildman–Crippen MR) is 109 cm³/mol. The maximum Gasteiger partial charge on any atom is 0.131 e. The summed E-state index contributed by atoms with van der Waals surface area (Å²) in [5.74, 6) is 1.57. The molecular weight excluding hydrogens is 346 g/mol. The monoisotopic (exact) mass is 373 g/mol. The lowest BCUT2D eigenvalue weighted by atomic mass is 9.89. The Morgan fingerprint density at radius 3 is 1.82 bits per heavy atom. The summed E-state index contributed by atoms with van der Waals surface area (Å²) in [6.45, 7) is 2.45. The lowest BCUT2D eigenvalue weighted by Gasteiger charge is -2.23. The summed E-state index contributed by atoms with van der Waals surface area (Å²) in [6.07, 6.45) is 17.9. The molecule has 1 saturated carbocycles. The van der Waals surface area contributed by atoms with Crippen LogP contribution in [0.25, 0.3) is 0 Å². The van der Waals surface area contributed by atoms with Gasteiger partial charge in [0.15, 0.2) is 0 Å². The van der Waals surface area contributed by atoms with Crippen LogP contribution in [0.5, 0.6) is 0 Å². The van der Waals surface area contributed by atoms with E-state index in [0.717, 1.165) is 31.0 Å². The molecule has 144 valence electrons. The highest BCUT2D eigenvalue weighted by atomic mass is 15.1. The number of hydrogen-bond donors (Lipinski definition) is 0. The van der Waals surface area contributed by atoms with Crippen LogP contribution >= 0.6 is 0 Å². The normalized spacial score (nSPS) is 15.0. The molecule has 0 unspecified atom stereocenters. The molecule has 3 aromatic heterocycles. The van der Waals surface area contributed by atoms with Gasteiger partial charge in [-0.25, -0.2) is 9.97 Å². The molecule has 28 heavy (non-hydrogen) atoms. The number of pyridine rings is 2. The molecule has 1 fully saturated rings. The van der Waals surface area contributed by atoms with E-state index in [1.54, 1.807) is 0 Å². The lowest BCUT2D eigenvalue weighted by Crippen LogP contribution is -2.23. The van der Waals surface area contributed by atoms with Crippen molar-refractivity contribution in [3.8, 4) is 0 Å². The first kappa shape index (κ1) is 18.7. The highest BCUT2D eigenvalue weighted by Gasteiger charge is 2.18. The van der Waals surface area contributed by atoms with Gasteiger partial charge in [-0.15, -0.1) is 0 Å². The zero-order valence-corrected chi connectivity index (χ0v) is 16.2. The van der Waals surface area contributed by atoms with Crippen molar-refractivity contribution in [1.82, 2.24) is 24.8 Å². The fraction of sp³-hybridized carbons (Fsp3) is 0.391. The molecule has 5 nitrogen and oxygen atoms in total. The van der Waals surface area contributed by atoms with Crippen LogP contribution in [0.2, 0.25) is 0 Å². The number of aromatic nitrogens is 4. The Balaban J connectivity index is 1.46. The van der Waals surface area contributed by atoms with Gasteiger partial charge in [0.1, 0.15) is 5.82 Å². The van der Waals surface area contributed by atoms with Crippen LogP contribution < -0.4 is 0 Å². The van der Waals surface area contributed by atoms with Gasteiger partial charge in [0.05, 0.1) is 0 Å². The molecule has 0 radical (unpaired) electrons. The standard InChI is InChI=1S/C23H27N5/c1-2-8-22(9-3-1)23-26-14-21(15-27-23)18-28(16-19-6-4-10-24-12-19)17-20-7-5-11-25-13-20/h4-7,10-15,22H,1-3,8-9,16-18H2. The van der Waals surface area contributed by atoms with Crippen LogP contribution in [0.15, 0.2) is 61.4 Å². The number of rotatable bonds is 7. The average Bonchev–Trinajstić information content (AvgIpc) is 2.76. The minimum Gasteiger partial charge on any atom is -0.290 e. The van der Waals surface area contributed by atoms with Gasteiger partial charge in [0.2, 0.25) is 0 Å². The fourth-order valence-electron chi connectivity index (χ4n) is 3.94. The van der Waals surface area contributed by atoms with Gasteiger partial charge < -0.3 is 0 Å². The predicted octanol–water partition coefficient (Wildman–Crippen LogP) is 4.52. The molecule has 1 aliphatic rings. The van der Waals surface area contributed by atoms with Gasteiger partial charge in [0, 0.05) is 68.3 Å². The van der Waals surface area contributed by atoms with E-state index in [2.05, 4.69) is 27.0 Å². The second-order valence-electron chi connectivity index (χ2n) is 7.65. The van der Waals surface area contributed by atoms with Gasteiger partial charge in [-0.2, -0.15) is 0 Å². The fourth-order valence-corrected chi connectivity index (χ4v) is 3.94. The van der Waals surface area contributed by atoms with Gasteiger partial charge in [0.25, 0.3) is 0 Å². The summed E-state index contributed by atoms with van der Waals surface area (Å²) < 4.78 is 0. The summed E-state index contributed by atoms with van der Waals surface area (Å²) in [4.78, 5) is 20.3. The van der Waals surface area contributed by atoms with E-state index in [1.165, 1.54) is 43.2 Å². The molecule has 4 rings (SSSR count). The summed E-state index contributed by atoms with van der Waals surface area (Å²) in [5.41, 5.74) is 3.55. The van der Waals surface area contributed by atoms with E-state index in [9.17, 15) is 0 Å². The van der Waals surface area contributed by atoms with Crippen LogP contribution in [0.3, 0.4) is 0 Å². The Morgan fingerprint density at radius 2 is 1.29 bits per heavy atom. The van der Waals surface area contributed by atoms with Gasteiger partial charge in [-0.1, -0.05) is 31.4 Å². The van der Waals surface area contributed by atoms with E-state index >= 15 is 0 Å². The third-order valence-corrected chi connectivity index (χ3v) is 5.36. The van der Waals surface area contributed by atoms with Crippen LogP contribution in [0.1, 0.15) is 60.5 Å². The molecule has 0 aromatic carbocycles. The van der Waals surface area contributed by atoms with E-state index in [4.69, 9.17) is 9.97 Å². The largest absolute Gasteiger partial charge is 0.290 e. The highest BCUT2D eigenvalue weighted by Crippen LogP contribution is 2.30. The Morgan fingerprint density at radius 1 is 0.714 bits per heavy atom. The molecule has 5 heteroatoms. The van der Waals surface area contributed by atoms with E-state index < -0.39 is 0 Å². The van der Waals surface area contributed by atoms with Crippen molar-refractivity contribution in [1.29, 1.82) is 0 Å². The Kier molecular flexibility index (Phi) is 6.35. The quantitative estimate of drug-likeness (QED) is 0.610. The highest BCUT2D eigenvalue weighted by molar-refractivity contribution is 5.13. The lowest BCUT2D eigenvalue weighted by molar-refractivity contribution is 0.246.